The molecule has 1 heterocycles. The first kappa shape index (κ1) is 16.0. The number of hydrogen-bond acceptors (Lipinski definition) is 4. The Balaban J connectivity index is 2.69. The topological polar surface area (TPSA) is 67.2 Å². The van der Waals surface area contributed by atoms with Crippen molar-refractivity contribution in [1.29, 1.82) is 0 Å². The van der Waals surface area contributed by atoms with Gasteiger partial charge in [0.2, 0.25) is 0 Å². The minimum atomic E-state index is -0.496. The average Bonchev–Trinajstić information content (AvgIpc) is 2.29. The molecule has 0 spiro atoms. The summed E-state index contributed by atoms with van der Waals surface area (Å²) in [6.07, 6.45) is 1.68. The van der Waals surface area contributed by atoms with E-state index < -0.39 is 6.10 Å². The summed E-state index contributed by atoms with van der Waals surface area (Å²) in [5, 5.41) is 17.0. The maximum atomic E-state index is 11.8. The molecular weight excluding hydrogens is 266 g/mol. The Morgan fingerprint density at radius 2 is 2.16 bits per heavy atom. The van der Waals surface area contributed by atoms with E-state index >= 15 is 0 Å². The summed E-state index contributed by atoms with van der Waals surface area (Å²) in [7, 11) is 0. The standard InChI is InChI=1S/C13H22ClN3O2/c1-5-17-12(19)11(14)10(8-16-17)15-7-9(18)6-13(2,3)4/h8-9,15,18H,5-7H2,1-4H3. The second-order valence-corrected chi connectivity index (χ2v) is 6.17. The molecule has 0 radical (unpaired) electrons. The van der Waals surface area contributed by atoms with Crippen LogP contribution in [0.5, 0.6) is 0 Å². The highest BCUT2D eigenvalue weighted by Gasteiger charge is 2.17. The largest absolute Gasteiger partial charge is 0.391 e. The first-order valence-corrected chi connectivity index (χ1v) is 6.80. The fourth-order valence-corrected chi connectivity index (χ4v) is 2.03. The van der Waals surface area contributed by atoms with Crippen LogP contribution in [0.3, 0.4) is 0 Å². The number of hydrogen-bond donors (Lipinski definition) is 2. The highest BCUT2D eigenvalue weighted by atomic mass is 35.5. The lowest BCUT2D eigenvalue weighted by atomic mass is 9.89. The third kappa shape index (κ3) is 4.84. The summed E-state index contributed by atoms with van der Waals surface area (Å²) >= 11 is 5.98. The van der Waals surface area contributed by atoms with Gasteiger partial charge in [-0.15, -0.1) is 0 Å². The highest BCUT2D eigenvalue weighted by molar-refractivity contribution is 6.32. The van der Waals surface area contributed by atoms with Crippen LogP contribution in [-0.4, -0.2) is 27.5 Å². The molecule has 1 atom stereocenters. The average molecular weight is 288 g/mol. The lowest BCUT2D eigenvalue weighted by Gasteiger charge is -2.22. The predicted molar refractivity (Wildman–Crippen MR) is 77.7 cm³/mol. The van der Waals surface area contributed by atoms with E-state index in [-0.39, 0.29) is 16.0 Å². The van der Waals surface area contributed by atoms with Gasteiger partial charge in [-0.05, 0) is 18.8 Å². The summed E-state index contributed by atoms with van der Waals surface area (Å²) < 4.78 is 1.29. The molecule has 0 saturated carbocycles. The number of anilines is 1. The van der Waals surface area contributed by atoms with Crippen molar-refractivity contribution in [3.8, 4) is 0 Å². The normalized spacial score (nSPS) is 13.4. The van der Waals surface area contributed by atoms with Gasteiger partial charge >= 0.3 is 0 Å². The van der Waals surface area contributed by atoms with Crippen molar-refractivity contribution in [3.05, 3.63) is 21.6 Å². The van der Waals surface area contributed by atoms with E-state index in [0.29, 0.717) is 25.2 Å². The molecule has 2 N–H and O–H groups in total. The number of halogens is 1. The zero-order valence-electron chi connectivity index (χ0n) is 11.9. The number of aliphatic hydroxyl groups excluding tert-OH is 1. The molecule has 0 aromatic carbocycles. The van der Waals surface area contributed by atoms with E-state index in [1.165, 1.54) is 10.9 Å². The SMILES string of the molecule is CCn1ncc(NCC(O)CC(C)(C)C)c(Cl)c1=O. The Morgan fingerprint density at radius 1 is 1.53 bits per heavy atom. The fraction of sp³-hybridized carbons (Fsp3) is 0.692. The number of nitrogens with zero attached hydrogens (tertiary/aromatic N) is 2. The van der Waals surface area contributed by atoms with Crippen LogP contribution in [0.25, 0.3) is 0 Å². The molecule has 1 aromatic rings. The summed E-state index contributed by atoms with van der Waals surface area (Å²) in [5.41, 5.74) is 0.193. The van der Waals surface area contributed by atoms with E-state index in [2.05, 4.69) is 31.2 Å². The zero-order chi connectivity index (χ0) is 14.6. The lowest BCUT2D eigenvalue weighted by Crippen LogP contribution is -2.27. The maximum Gasteiger partial charge on any atom is 0.287 e. The monoisotopic (exact) mass is 287 g/mol. The van der Waals surface area contributed by atoms with Crippen molar-refractivity contribution in [1.82, 2.24) is 9.78 Å². The maximum absolute atomic E-state index is 11.8. The van der Waals surface area contributed by atoms with E-state index in [9.17, 15) is 9.90 Å². The Labute approximate surface area is 118 Å². The van der Waals surface area contributed by atoms with Gasteiger partial charge in [-0.3, -0.25) is 4.79 Å². The summed E-state index contributed by atoms with van der Waals surface area (Å²) in [6.45, 7) is 8.83. The molecular formula is C13H22ClN3O2. The van der Waals surface area contributed by atoms with Gasteiger partial charge in [0, 0.05) is 13.1 Å². The lowest BCUT2D eigenvalue weighted by molar-refractivity contribution is 0.132. The van der Waals surface area contributed by atoms with Crippen LogP contribution in [0.1, 0.15) is 34.1 Å². The van der Waals surface area contributed by atoms with Crippen molar-refractivity contribution in [3.63, 3.8) is 0 Å². The molecule has 0 aliphatic carbocycles. The van der Waals surface area contributed by atoms with E-state index in [1.54, 1.807) is 0 Å². The fourth-order valence-electron chi connectivity index (χ4n) is 1.82. The van der Waals surface area contributed by atoms with Gasteiger partial charge in [0.25, 0.3) is 5.56 Å². The molecule has 1 rings (SSSR count). The van der Waals surface area contributed by atoms with Crippen LogP contribution in [0, 0.1) is 5.41 Å². The van der Waals surface area contributed by atoms with Crippen molar-refractivity contribution >= 4 is 17.3 Å². The van der Waals surface area contributed by atoms with Gasteiger partial charge in [-0.1, -0.05) is 32.4 Å². The molecule has 0 saturated heterocycles. The molecule has 0 amide bonds. The van der Waals surface area contributed by atoms with Crippen LogP contribution in [0.15, 0.2) is 11.0 Å². The number of aromatic nitrogens is 2. The third-order valence-electron chi connectivity index (χ3n) is 2.66. The Kier molecular flexibility index (Phi) is 5.38. The van der Waals surface area contributed by atoms with Crippen molar-refractivity contribution in [2.45, 2.75) is 46.8 Å². The number of nitrogens with one attached hydrogen (secondary N) is 1. The van der Waals surface area contributed by atoms with Gasteiger partial charge in [0.1, 0.15) is 5.02 Å². The minimum Gasteiger partial charge on any atom is -0.391 e. The number of aliphatic hydroxyl groups is 1. The Morgan fingerprint density at radius 3 is 2.68 bits per heavy atom. The smallest absolute Gasteiger partial charge is 0.287 e. The van der Waals surface area contributed by atoms with Crippen LogP contribution < -0.4 is 10.9 Å². The Bertz CT molecular complexity index is 480. The molecule has 6 heteroatoms. The third-order valence-corrected chi connectivity index (χ3v) is 3.03. The molecule has 0 aliphatic rings. The number of aryl methyl sites for hydroxylation is 1. The van der Waals surface area contributed by atoms with Gasteiger partial charge in [-0.25, -0.2) is 4.68 Å². The summed E-state index contributed by atoms with van der Waals surface area (Å²) in [4.78, 5) is 11.8. The highest BCUT2D eigenvalue weighted by Crippen LogP contribution is 2.21. The quantitative estimate of drug-likeness (QED) is 0.870. The summed E-state index contributed by atoms with van der Waals surface area (Å²) in [5.74, 6) is 0. The molecule has 1 aromatic heterocycles. The van der Waals surface area contributed by atoms with Gasteiger partial charge in [0.05, 0.1) is 18.0 Å². The van der Waals surface area contributed by atoms with E-state index in [1.807, 2.05) is 6.92 Å². The first-order valence-electron chi connectivity index (χ1n) is 6.42. The van der Waals surface area contributed by atoms with Crippen LogP contribution in [0.2, 0.25) is 5.02 Å². The minimum absolute atomic E-state index is 0.0504. The molecule has 108 valence electrons. The molecule has 0 fully saturated rings. The van der Waals surface area contributed by atoms with Gasteiger partial charge in [-0.2, -0.15) is 5.10 Å². The van der Waals surface area contributed by atoms with Crippen LogP contribution in [-0.2, 0) is 6.54 Å². The first-order chi connectivity index (χ1) is 8.74. The van der Waals surface area contributed by atoms with Crippen LogP contribution in [0.4, 0.5) is 5.69 Å². The molecule has 0 aliphatic heterocycles. The predicted octanol–water partition coefficient (Wildman–Crippen LogP) is 2.13. The van der Waals surface area contributed by atoms with Crippen molar-refractivity contribution in [2.24, 2.45) is 5.41 Å². The zero-order valence-corrected chi connectivity index (χ0v) is 12.7. The number of rotatable bonds is 5. The van der Waals surface area contributed by atoms with Crippen LogP contribution >= 0.6 is 11.6 Å². The summed E-state index contributed by atoms with van der Waals surface area (Å²) in [6, 6.07) is 0. The van der Waals surface area contributed by atoms with Crippen molar-refractivity contribution < 1.29 is 5.11 Å². The van der Waals surface area contributed by atoms with Crippen molar-refractivity contribution in [2.75, 3.05) is 11.9 Å². The second-order valence-electron chi connectivity index (χ2n) is 5.79. The van der Waals surface area contributed by atoms with Gasteiger partial charge < -0.3 is 10.4 Å². The second kappa shape index (κ2) is 6.39. The van der Waals surface area contributed by atoms with E-state index in [0.717, 1.165) is 0 Å². The van der Waals surface area contributed by atoms with E-state index in [4.69, 9.17) is 11.6 Å². The molecule has 5 nitrogen and oxygen atoms in total. The Hall–Kier alpha value is -1.07. The molecule has 19 heavy (non-hydrogen) atoms. The molecule has 1 unspecified atom stereocenters. The van der Waals surface area contributed by atoms with Gasteiger partial charge in [0.15, 0.2) is 0 Å². The molecule has 0 bridgehead atoms.